The van der Waals surface area contributed by atoms with Crippen LogP contribution in [0.2, 0.25) is 5.15 Å². The van der Waals surface area contributed by atoms with Gasteiger partial charge in [0, 0.05) is 31.9 Å². The van der Waals surface area contributed by atoms with Crippen LogP contribution in [0.25, 0.3) is 11.4 Å². The van der Waals surface area contributed by atoms with Crippen LogP contribution in [0.4, 0.5) is 5.95 Å². The van der Waals surface area contributed by atoms with E-state index >= 15 is 0 Å². The first kappa shape index (κ1) is 12.9. The van der Waals surface area contributed by atoms with Crippen molar-refractivity contribution >= 4 is 23.5 Å². The first-order valence-corrected chi connectivity index (χ1v) is 6.56. The highest BCUT2D eigenvalue weighted by Crippen LogP contribution is 2.21. The van der Waals surface area contributed by atoms with Crippen LogP contribution < -0.4 is 10.2 Å². The molecule has 8 heteroatoms. The summed E-state index contributed by atoms with van der Waals surface area (Å²) in [6.07, 6.45) is 1.65. The van der Waals surface area contributed by atoms with Crippen molar-refractivity contribution in [2.24, 2.45) is 7.05 Å². The summed E-state index contributed by atoms with van der Waals surface area (Å²) in [6.45, 7) is 1.63. The van der Waals surface area contributed by atoms with Gasteiger partial charge in [0.15, 0.2) is 5.82 Å². The Morgan fingerprint density at radius 1 is 1.35 bits per heavy atom. The van der Waals surface area contributed by atoms with Crippen LogP contribution in [0.15, 0.2) is 18.3 Å². The van der Waals surface area contributed by atoms with Crippen molar-refractivity contribution in [2.75, 3.05) is 24.5 Å². The lowest BCUT2D eigenvalue weighted by Crippen LogP contribution is -2.48. The Morgan fingerprint density at radius 3 is 2.90 bits per heavy atom. The third-order valence-electron chi connectivity index (χ3n) is 3.16. The lowest BCUT2D eigenvalue weighted by Gasteiger charge is -2.26. The van der Waals surface area contributed by atoms with Gasteiger partial charge in [-0.2, -0.15) is 0 Å². The molecule has 2 aromatic heterocycles. The number of pyridine rings is 1. The molecule has 3 rings (SSSR count). The fourth-order valence-electron chi connectivity index (χ4n) is 2.17. The van der Waals surface area contributed by atoms with Crippen LogP contribution >= 0.6 is 11.6 Å². The van der Waals surface area contributed by atoms with Gasteiger partial charge < -0.3 is 10.2 Å². The number of aromatic nitrogens is 4. The summed E-state index contributed by atoms with van der Waals surface area (Å²) in [5, 5.41) is 11.6. The monoisotopic (exact) mass is 292 g/mol. The molecule has 7 nitrogen and oxygen atoms in total. The lowest BCUT2D eigenvalue weighted by molar-refractivity contribution is -0.120. The summed E-state index contributed by atoms with van der Waals surface area (Å²) in [5.41, 5.74) is 0.831. The van der Waals surface area contributed by atoms with Gasteiger partial charge in [-0.3, -0.25) is 9.36 Å². The van der Waals surface area contributed by atoms with Crippen molar-refractivity contribution < 1.29 is 4.79 Å². The summed E-state index contributed by atoms with van der Waals surface area (Å²) in [4.78, 5) is 17.4. The minimum atomic E-state index is -0.00559. The number of nitrogens with zero attached hydrogens (tertiary/aromatic N) is 5. The maximum absolute atomic E-state index is 11.4. The van der Waals surface area contributed by atoms with E-state index in [-0.39, 0.29) is 5.91 Å². The summed E-state index contributed by atoms with van der Waals surface area (Å²) in [5.74, 6) is 1.36. The second-order valence-corrected chi connectivity index (χ2v) is 4.91. The van der Waals surface area contributed by atoms with Crippen LogP contribution in [0.5, 0.6) is 0 Å². The molecule has 1 N–H and O–H groups in total. The van der Waals surface area contributed by atoms with Gasteiger partial charge >= 0.3 is 0 Å². The minimum absolute atomic E-state index is 0.00559. The van der Waals surface area contributed by atoms with Crippen LogP contribution in [0.3, 0.4) is 0 Å². The third-order valence-corrected chi connectivity index (χ3v) is 3.38. The highest BCUT2D eigenvalue weighted by Gasteiger charge is 2.22. The topological polar surface area (TPSA) is 75.9 Å². The number of anilines is 1. The third kappa shape index (κ3) is 2.32. The molecule has 0 bridgehead atoms. The van der Waals surface area contributed by atoms with Gasteiger partial charge in [-0.15, -0.1) is 10.2 Å². The van der Waals surface area contributed by atoms with E-state index in [4.69, 9.17) is 11.6 Å². The van der Waals surface area contributed by atoms with E-state index in [1.165, 1.54) is 0 Å². The van der Waals surface area contributed by atoms with Crippen molar-refractivity contribution in [1.29, 1.82) is 0 Å². The number of nitrogens with one attached hydrogen (secondary N) is 1. The SMILES string of the molecule is Cn1c(-c2ccc(Cl)nc2)nnc1N1CCNC(=O)C1. The Kier molecular flexibility index (Phi) is 3.27. The molecule has 0 radical (unpaired) electrons. The molecule has 0 atom stereocenters. The van der Waals surface area contributed by atoms with E-state index in [0.717, 1.165) is 12.1 Å². The van der Waals surface area contributed by atoms with Crippen molar-refractivity contribution in [2.45, 2.75) is 0 Å². The Morgan fingerprint density at radius 2 is 2.20 bits per heavy atom. The molecule has 20 heavy (non-hydrogen) atoms. The molecule has 1 aliphatic heterocycles. The first-order valence-electron chi connectivity index (χ1n) is 6.18. The molecule has 3 heterocycles. The van der Waals surface area contributed by atoms with Crippen molar-refractivity contribution in [3.63, 3.8) is 0 Å². The summed E-state index contributed by atoms with van der Waals surface area (Å²) in [7, 11) is 1.87. The van der Waals surface area contributed by atoms with Gasteiger partial charge in [-0.1, -0.05) is 11.6 Å². The van der Waals surface area contributed by atoms with Gasteiger partial charge in [0.25, 0.3) is 0 Å². The lowest BCUT2D eigenvalue weighted by atomic mass is 10.3. The van der Waals surface area contributed by atoms with Gasteiger partial charge in [0.2, 0.25) is 11.9 Å². The number of hydrogen-bond acceptors (Lipinski definition) is 5. The predicted molar refractivity (Wildman–Crippen MR) is 74.5 cm³/mol. The molecule has 0 spiro atoms. The first-order chi connectivity index (χ1) is 9.65. The fraction of sp³-hybridized carbons (Fsp3) is 0.333. The van der Waals surface area contributed by atoms with Crippen molar-refractivity contribution in [1.82, 2.24) is 25.1 Å². The molecule has 0 saturated carbocycles. The van der Waals surface area contributed by atoms with E-state index in [9.17, 15) is 4.79 Å². The molecule has 104 valence electrons. The van der Waals surface area contributed by atoms with E-state index in [1.54, 1.807) is 12.3 Å². The van der Waals surface area contributed by atoms with Gasteiger partial charge in [0.05, 0.1) is 6.54 Å². The van der Waals surface area contributed by atoms with Crippen LogP contribution in [0.1, 0.15) is 0 Å². The van der Waals surface area contributed by atoms with Crippen LogP contribution in [-0.2, 0) is 11.8 Å². The highest BCUT2D eigenvalue weighted by molar-refractivity contribution is 6.29. The molecule has 2 aromatic rings. The molecule has 0 aromatic carbocycles. The molecular weight excluding hydrogens is 280 g/mol. The molecule has 0 aliphatic carbocycles. The average molecular weight is 293 g/mol. The fourth-order valence-corrected chi connectivity index (χ4v) is 2.28. The molecular formula is C12H13ClN6O. The number of piperazine rings is 1. The van der Waals surface area contributed by atoms with Crippen LogP contribution in [0, 0.1) is 0 Å². The quantitative estimate of drug-likeness (QED) is 0.814. The number of rotatable bonds is 2. The number of halogens is 1. The van der Waals surface area contributed by atoms with Gasteiger partial charge in [0.1, 0.15) is 5.15 Å². The predicted octanol–water partition coefficient (Wildman–Crippen LogP) is 0.467. The number of amides is 1. The van der Waals surface area contributed by atoms with E-state index in [1.807, 2.05) is 22.6 Å². The smallest absolute Gasteiger partial charge is 0.239 e. The summed E-state index contributed by atoms with van der Waals surface area (Å²) in [6, 6.07) is 3.55. The minimum Gasteiger partial charge on any atom is -0.353 e. The Labute approximate surface area is 120 Å². The van der Waals surface area contributed by atoms with Gasteiger partial charge in [-0.05, 0) is 12.1 Å². The Hall–Kier alpha value is -2.15. The summed E-state index contributed by atoms with van der Waals surface area (Å²) < 4.78 is 1.85. The second kappa shape index (κ2) is 5.09. The number of carbonyl (C=O) groups is 1. The van der Waals surface area contributed by atoms with Gasteiger partial charge in [-0.25, -0.2) is 4.98 Å². The zero-order valence-electron chi connectivity index (χ0n) is 10.9. The zero-order chi connectivity index (χ0) is 14.1. The Bertz CT molecular complexity index is 638. The van der Waals surface area contributed by atoms with E-state index < -0.39 is 0 Å². The normalized spacial score (nSPS) is 15.3. The summed E-state index contributed by atoms with van der Waals surface area (Å²) >= 11 is 5.78. The molecule has 1 aliphatic rings. The number of carbonyl (C=O) groups excluding carboxylic acids is 1. The van der Waals surface area contributed by atoms with E-state index in [0.29, 0.717) is 30.0 Å². The average Bonchev–Trinajstić information content (AvgIpc) is 2.82. The van der Waals surface area contributed by atoms with Crippen LogP contribution in [-0.4, -0.2) is 45.3 Å². The largest absolute Gasteiger partial charge is 0.353 e. The molecule has 0 unspecified atom stereocenters. The van der Waals surface area contributed by atoms with E-state index in [2.05, 4.69) is 20.5 Å². The Balaban J connectivity index is 1.92. The highest BCUT2D eigenvalue weighted by atomic mass is 35.5. The zero-order valence-corrected chi connectivity index (χ0v) is 11.6. The van der Waals surface area contributed by atoms with Crippen molar-refractivity contribution in [3.8, 4) is 11.4 Å². The molecule has 1 amide bonds. The standard InChI is InChI=1S/C12H13ClN6O/c1-18-11(8-2-3-9(13)15-6-8)16-17-12(18)19-5-4-14-10(20)7-19/h2-3,6H,4-5,7H2,1H3,(H,14,20). The number of hydrogen-bond donors (Lipinski definition) is 1. The maximum atomic E-state index is 11.4. The van der Waals surface area contributed by atoms with Crippen molar-refractivity contribution in [3.05, 3.63) is 23.5 Å². The maximum Gasteiger partial charge on any atom is 0.239 e. The molecule has 1 saturated heterocycles. The second-order valence-electron chi connectivity index (χ2n) is 4.52. The molecule has 1 fully saturated rings.